The average molecular weight is 403 g/mol. The lowest BCUT2D eigenvalue weighted by Gasteiger charge is -2.30. The minimum absolute atomic E-state index is 0.0252. The van der Waals surface area contributed by atoms with Crippen LogP contribution in [0.4, 0.5) is 0 Å². The molecular formula is C20H22N2O3S2. The Balaban J connectivity index is 1.85. The first kappa shape index (κ1) is 19.9. The van der Waals surface area contributed by atoms with Crippen LogP contribution in [0, 0.1) is 11.3 Å². The molecule has 5 nitrogen and oxygen atoms in total. The highest BCUT2D eigenvalue weighted by Gasteiger charge is 2.44. The van der Waals surface area contributed by atoms with Crippen LogP contribution in [0.5, 0.6) is 0 Å². The third kappa shape index (κ3) is 3.90. The van der Waals surface area contributed by atoms with E-state index in [1.54, 1.807) is 37.1 Å². The second-order valence-corrected chi connectivity index (χ2v) is 8.74. The van der Waals surface area contributed by atoms with Gasteiger partial charge in [-0.3, -0.25) is 0 Å². The van der Waals surface area contributed by atoms with Gasteiger partial charge in [-0.2, -0.15) is 5.26 Å². The first-order valence-corrected chi connectivity index (χ1v) is 10.4. The zero-order valence-corrected chi connectivity index (χ0v) is 17.2. The number of benzene rings is 1. The van der Waals surface area contributed by atoms with E-state index in [9.17, 15) is 0 Å². The van der Waals surface area contributed by atoms with Gasteiger partial charge in [-0.05, 0) is 48.6 Å². The van der Waals surface area contributed by atoms with Crippen LogP contribution in [0.1, 0.15) is 37.0 Å². The second-order valence-electron chi connectivity index (χ2n) is 6.45. The van der Waals surface area contributed by atoms with Crippen LogP contribution in [0.15, 0.2) is 43.9 Å². The molecule has 0 spiro atoms. The topological polar surface area (TPSA) is 74.8 Å². The average Bonchev–Trinajstić information content (AvgIpc) is 3.28. The number of methoxy groups -OCH3 is 1. The normalized spacial score (nSPS) is 22.7. The van der Waals surface area contributed by atoms with Crippen molar-refractivity contribution in [2.45, 2.75) is 47.5 Å². The van der Waals surface area contributed by atoms with Crippen molar-refractivity contribution in [1.82, 2.24) is 0 Å². The van der Waals surface area contributed by atoms with E-state index >= 15 is 0 Å². The molecule has 142 valence electrons. The van der Waals surface area contributed by atoms with E-state index in [1.165, 1.54) is 0 Å². The summed E-state index contributed by atoms with van der Waals surface area (Å²) in [6.45, 7) is 4.49. The van der Waals surface area contributed by atoms with Crippen LogP contribution < -0.4 is 0 Å². The first-order chi connectivity index (χ1) is 13.0. The lowest BCUT2D eigenvalue weighted by Crippen LogP contribution is -2.35. The maximum atomic E-state index is 9.10. The molecule has 1 aromatic carbocycles. The van der Waals surface area contributed by atoms with E-state index < -0.39 is 0 Å². The summed E-state index contributed by atoms with van der Waals surface area (Å²) in [6.07, 6.45) is 1.15. The number of thiophene rings is 1. The molecule has 1 fully saturated rings. The van der Waals surface area contributed by atoms with Gasteiger partial charge < -0.3 is 14.7 Å². The fourth-order valence-corrected chi connectivity index (χ4v) is 5.56. The molecule has 0 amide bonds. The highest BCUT2D eigenvalue weighted by molar-refractivity contribution is 8.01. The Morgan fingerprint density at radius 1 is 1.52 bits per heavy atom. The predicted molar refractivity (Wildman–Crippen MR) is 107 cm³/mol. The monoisotopic (exact) mass is 402 g/mol. The molecule has 3 rings (SSSR count). The quantitative estimate of drug-likeness (QED) is 0.426. The molecule has 1 aliphatic heterocycles. The summed E-state index contributed by atoms with van der Waals surface area (Å²) in [5.41, 5.74) is 2.94. The van der Waals surface area contributed by atoms with E-state index in [1.807, 2.05) is 18.2 Å². The van der Waals surface area contributed by atoms with E-state index in [2.05, 4.69) is 29.6 Å². The molecular weight excluding hydrogens is 380 g/mol. The van der Waals surface area contributed by atoms with Crippen molar-refractivity contribution in [2.24, 2.45) is 5.16 Å². The van der Waals surface area contributed by atoms with E-state index in [-0.39, 0.29) is 18.1 Å². The molecule has 1 aliphatic rings. The van der Waals surface area contributed by atoms with Crippen LogP contribution in [0.2, 0.25) is 0 Å². The van der Waals surface area contributed by atoms with Gasteiger partial charge in [-0.1, -0.05) is 23.0 Å². The molecule has 27 heavy (non-hydrogen) atoms. The molecule has 0 aliphatic carbocycles. The summed E-state index contributed by atoms with van der Waals surface area (Å²) in [7, 11) is 1.74. The highest BCUT2D eigenvalue weighted by Crippen LogP contribution is 2.43. The molecule has 2 atom stereocenters. The van der Waals surface area contributed by atoms with Crippen molar-refractivity contribution >= 4 is 28.8 Å². The van der Waals surface area contributed by atoms with Crippen LogP contribution in [-0.4, -0.2) is 30.7 Å². The van der Waals surface area contributed by atoms with Crippen molar-refractivity contribution in [3.05, 3.63) is 46.3 Å². The van der Waals surface area contributed by atoms with Gasteiger partial charge in [0.05, 0.1) is 35.1 Å². The van der Waals surface area contributed by atoms with Gasteiger partial charge in [-0.25, -0.2) is 0 Å². The number of oxime groups is 1. The minimum atomic E-state index is -0.375. The lowest BCUT2D eigenvalue weighted by molar-refractivity contribution is -0.0645. The summed E-state index contributed by atoms with van der Waals surface area (Å²) in [6, 6.07) is 10.2. The molecule has 0 bridgehead atoms. The lowest BCUT2D eigenvalue weighted by atomic mass is 9.90. The fraction of sp³-hybridized carbons (Fsp3) is 0.400. The molecule has 2 heterocycles. The predicted octanol–water partition coefficient (Wildman–Crippen LogP) is 4.81. The molecule has 0 saturated carbocycles. The van der Waals surface area contributed by atoms with Gasteiger partial charge in [0.15, 0.2) is 0 Å². The zero-order chi connectivity index (χ0) is 19.4. The van der Waals surface area contributed by atoms with Crippen LogP contribution in [-0.2, 0) is 21.5 Å². The standard InChI is InChI=1S/C20H22N2O3S2/c1-13(22-23)18-5-4-17(10-15(18)6-8-21)27-19-11-16(12-26-19)20(24-3)7-9-25-14(20)2/h4-5,10-12,14,23H,6-7,9H2,1-3H3/b22-13+/t14-,20-/m1/s1. The van der Waals surface area contributed by atoms with Crippen molar-refractivity contribution in [3.8, 4) is 6.07 Å². The minimum Gasteiger partial charge on any atom is -0.411 e. The first-order valence-electron chi connectivity index (χ1n) is 8.66. The van der Waals surface area contributed by atoms with Crippen molar-refractivity contribution in [2.75, 3.05) is 13.7 Å². The van der Waals surface area contributed by atoms with E-state index in [4.69, 9.17) is 19.9 Å². The number of hydrogen-bond acceptors (Lipinski definition) is 7. The van der Waals surface area contributed by atoms with Crippen LogP contribution in [0.3, 0.4) is 0 Å². The fourth-order valence-electron chi connectivity index (χ4n) is 3.47. The Morgan fingerprint density at radius 2 is 2.33 bits per heavy atom. The molecule has 0 radical (unpaired) electrons. The summed E-state index contributed by atoms with van der Waals surface area (Å²) >= 11 is 3.34. The third-order valence-electron chi connectivity index (χ3n) is 5.03. The maximum absolute atomic E-state index is 9.10. The Labute approximate surface area is 167 Å². The Hall–Kier alpha value is -1.85. The third-order valence-corrected chi connectivity index (χ3v) is 7.10. The second kappa shape index (κ2) is 8.44. The summed E-state index contributed by atoms with van der Waals surface area (Å²) in [5.74, 6) is 0. The Morgan fingerprint density at radius 3 is 2.96 bits per heavy atom. The van der Waals surface area contributed by atoms with E-state index in [0.29, 0.717) is 12.3 Å². The van der Waals surface area contributed by atoms with Crippen molar-refractivity contribution < 1.29 is 14.7 Å². The summed E-state index contributed by atoms with van der Waals surface area (Å²) in [4.78, 5) is 1.05. The van der Waals surface area contributed by atoms with Crippen molar-refractivity contribution in [3.63, 3.8) is 0 Å². The van der Waals surface area contributed by atoms with Crippen LogP contribution in [0.25, 0.3) is 0 Å². The van der Waals surface area contributed by atoms with Gasteiger partial charge in [-0.15, -0.1) is 11.3 Å². The number of rotatable bonds is 6. The molecule has 1 aromatic heterocycles. The Bertz CT molecular complexity index is 888. The maximum Gasteiger partial charge on any atom is 0.121 e. The van der Waals surface area contributed by atoms with E-state index in [0.717, 1.165) is 32.2 Å². The SMILES string of the molecule is CO[C@]1(c2csc(Sc3ccc(/C(C)=N/O)c(CC#N)c3)c2)CCO[C@@H]1C. The van der Waals surface area contributed by atoms with Crippen molar-refractivity contribution in [1.29, 1.82) is 5.26 Å². The molecule has 7 heteroatoms. The molecule has 0 unspecified atom stereocenters. The number of hydrogen-bond donors (Lipinski definition) is 1. The van der Waals surface area contributed by atoms with Gasteiger partial charge in [0, 0.05) is 24.0 Å². The smallest absolute Gasteiger partial charge is 0.121 e. The van der Waals surface area contributed by atoms with Crippen LogP contribution >= 0.6 is 23.1 Å². The summed E-state index contributed by atoms with van der Waals surface area (Å²) < 4.78 is 12.8. The highest BCUT2D eigenvalue weighted by atomic mass is 32.2. The number of ether oxygens (including phenoxy) is 2. The zero-order valence-electron chi connectivity index (χ0n) is 15.6. The summed E-state index contributed by atoms with van der Waals surface area (Å²) in [5, 5.41) is 23.5. The Kier molecular flexibility index (Phi) is 6.22. The number of nitriles is 1. The van der Waals surface area contributed by atoms with Gasteiger partial charge in [0.25, 0.3) is 0 Å². The number of nitrogens with zero attached hydrogens (tertiary/aromatic N) is 2. The van der Waals surface area contributed by atoms with Gasteiger partial charge in [0.1, 0.15) is 5.60 Å². The van der Waals surface area contributed by atoms with Gasteiger partial charge >= 0.3 is 0 Å². The largest absolute Gasteiger partial charge is 0.411 e. The molecule has 1 N–H and O–H groups in total. The van der Waals surface area contributed by atoms with Gasteiger partial charge in [0.2, 0.25) is 0 Å². The molecule has 1 saturated heterocycles. The molecule has 2 aromatic rings.